The summed E-state index contributed by atoms with van der Waals surface area (Å²) in [6.45, 7) is 6.83. The molecule has 0 spiro atoms. The number of hydrogen-bond acceptors (Lipinski definition) is 6. The number of benzene rings is 1. The monoisotopic (exact) mass is 345 g/mol. The van der Waals surface area contributed by atoms with Crippen LogP contribution in [-0.4, -0.2) is 50.3 Å². The predicted octanol–water partition coefficient (Wildman–Crippen LogP) is 2.16. The van der Waals surface area contributed by atoms with Crippen LogP contribution in [0.1, 0.15) is 13.8 Å². The van der Waals surface area contributed by atoms with E-state index in [4.69, 9.17) is 14.2 Å². The van der Waals surface area contributed by atoms with Crippen LogP contribution in [0.2, 0.25) is 0 Å². The number of nitrogens with zero attached hydrogens (tertiary/aromatic N) is 2. The fourth-order valence-electron chi connectivity index (χ4n) is 2.38. The average molecular weight is 345 g/mol. The second-order valence-corrected chi connectivity index (χ2v) is 5.25. The zero-order chi connectivity index (χ0) is 18.1. The van der Waals surface area contributed by atoms with Crippen molar-refractivity contribution < 1.29 is 19.0 Å². The molecule has 25 heavy (non-hydrogen) atoms. The van der Waals surface area contributed by atoms with Gasteiger partial charge in [-0.15, -0.1) is 0 Å². The van der Waals surface area contributed by atoms with E-state index in [1.165, 1.54) is 6.20 Å². The van der Waals surface area contributed by atoms with Crippen LogP contribution in [0.15, 0.2) is 30.0 Å². The van der Waals surface area contributed by atoms with Crippen LogP contribution in [0.5, 0.6) is 11.5 Å². The molecule has 7 nitrogen and oxygen atoms in total. The summed E-state index contributed by atoms with van der Waals surface area (Å²) in [7, 11) is 0. The molecule has 0 radical (unpaired) electrons. The van der Waals surface area contributed by atoms with Gasteiger partial charge in [0.15, 0.2) is 11.5 Å². The smallest absolute Gasteiger partial charge is 0.266 e. The first-order valence-electron chi connectivity index (χ1n) is 8.33. The number of amides is 1. The van der Waals surface area contributed by atoms with E-state index in [2.05, 4.69) is 5.32 Å². The minimum atomic E-state index is -0.297. The van der Waals surface area contributed by atoms with Gasteiger partial charge in [-0.25, -0.2) is 0 Å². The number of rotatable bonds is 7. The Bertz CT molecular complexity index is 661. The van der Waals surface area contributed by atoms with E-state index >= 15 is 0 Å². The number of carbonyl (C=O) groups excluding carboxylic acids is 1. The van der Waals surface area contributed by atoms with Gasteiger partial charge in [-0.1, -0.05) is 0 Å². The second kappa shape index (κ2) is 9.55. The summed E-state index contributed by atoms with van der Waals surface area (Å²) in [6.07, 6.45) is 1.42. The third-order valence-corrected chi connectivity index (χ3v) is 3.58. The summed E-state index contributed by atoms with van der Waals surface area (Å²) in [5.74, 6) is 0.971. The third-order valence-electron chi connectivity index (χ3n) is 3.58. The van der Waals surface area contributed by atoms with E-state index in [1.807, 2.05) is 19.9 Å². The van der Waals surface area contributed by atoms with E-state index in [0.29, 0.717) is 56.7 Å². The Morgan fingerprint density at radius 2 is 1.96 bits per heavy atom. The highest BCUT2D eigenvalue weighted by molar-refractivity contribution is 5.97. The highest BCUT2D eigenvalue weighted by Crippen LogP contribution is 2.30. The molecule has 0 aromatic heterocycles. The summed E-state index contributed by atoms with van der Waals surface area (Å²) in [4.78, 5) is 14.0. The molecule has 134 valence electrons. The second-order valence-electron chi connectivity index (χ2n) is 5.25. The summed E-state index contributed by atoms with van der Waals surface area (Å²) >= 11 is 0. The molecule has 0 unspecified atom stereocenters. The topological polar surface area (TPSA) is 83.8 Å². The van der Waals surface area contributed by atoms with Crippen molar-refractivity contribution in [3.05, 3.63) is 30.0 Å². The maximum Gasteiger partial charge on any atom is 0.266 e. The summed E-state index contributed by atoms with van der Waals surface area (Å²) in [5, 5.41) is 12.3. The molecule has 1 aromatic carbocycles. The molecule has 0 atom stereocenters. The fourth-order valence-corrected chi connectivity index (χ4v) is 2.38. The van der Waals surface area contributed by atoms with Crippen LogP contribution >= 0.6 is 0 Å². The molecule has 0 aliphatic carbocycles. The van der Waals surface area contributed by atoms with Gasteiger partial charge in [0.25, 0.3) is 5.91 Å². The molecule has 2 rings (SSSR count). The minimum absolute atomic E-state index is 0.0498. The molecule has 1 fully saturated rings. The number of morpholine rings is 1. The Morgan fingerprint density at radius 1 is 1.28 bits per heavy atom. The van der Waals surface area contributed by atoms with Crippen LogP contribution in [0, 0.1) is 11.3 Å². The van der Waals surface area contributed by atoms with Gasteiger partial charge in [-0.05, 0) is 26.0 Å². The van der Waals surface area contributed by atoms with Crippen molar-refractivity contribution in [3.63, 3.8) is 0 Å². The van der Waals surface area contributed by atoms with Crippen molar-refractivity contribution in [1.29, 1.82) is 5.26 Å². The van der Waals surface area contributed by atoms with Crippen molar-refractivity contribution in [1.82, 2.24) is 4.90 Å². The molecule has 1 N–H and O–H groups in total. The minimum Gasteiger partial charge on any atom is -0.490 e. The van der Waals surface area contributed by atoms with Gasteiger partial charge in [0.05, 0.1) is 26.4 Å². The first-order chi connectivity index (χ1) is 12.2. The highest BCUT2D eigenvalue weighted by atomic mass is 16.5. The van der Waals surface area contributed by atoms with Gasteiger partial charge in [0.1, 0.15) is 11.6 Å². The number of nitriles is 1. The average Bonchev–Trinajstić information content (AvgIpc) is 2.65. The van der Waals surface area contributed by atoms with E-state index in [-0.39, 0.29) is 11.5 Å². The van der Waals surface area contributed by atoms with Crippen LogP contribution in [0.4, 0.5) is 5.69 Å². The van der Waals surface area contributed by atoms with Crippen molar-refractivity contribution in [2.45, 2.75) is 13.8 Å². The molecule has 1 heterocycles. The predicted molar refractivity (Wildman–Crippen MR) is 93.5 cm³/mol. The number of anilines is 1. The lowest BCUT2D eigenvalue weighted by molar-refractivity contribution is -0.130. The van der Waals surface area contributed by atoms with Crippen LogP contribution in [0.25, 0.3) is 0 Å². The van der Waals surface area contributed by atoms with Gasteiger partial charge in [0, 0.05) is 31.0 Å². The number of ether oxygens (including phenoxy) is 3. The Labute approximate surface area is 147 Å². The van der Waals surface area contributed by atoms with Crippen molar-refractivity contribution in [2.24, 2.45) is 0 Å². The lowest BCUT2D eigenvalue weighted by atomic mass is 10.2. The van der Waals surface area contributed by atoms with Crippen LogP contribution in [-0.2, 0) is 9.53 Å². The van der Waals surface area contributed by atoms with Crippen LogP contribution in [0.3, 0.4) is 0 Å². The van der Waals surface area contributed by atoms with E-state index in [9.17, 15) is 10.1 Å². The molecule has 0 saturated carbocycles. The molecule has 1 saturated heterocycles. The van der Waals surface area contributed by atoms with Crippen molar-refractivity contribution in [2.75, 3.05) is 44.8 Å². The Balaban J connectivity index is 2.11. The number of nitrogens with one attached hydrogen (secondary N) is 1. The lowest BCUT2D eigenvalue weighted by Gasteiger charge is -2.26. The zero-order valence-electron chi connectivity index (χ0n) is 14.6. The maximum atomic E-state index is 12.4. The quantitative estimate of drug-likeness (QED) is 0.602. The van der Waals surface area contributed by atoms with Gasteiger partial charge in [0.2, 0.25) is 0 Å². The Morgan fingerprint density at radius 3 is 2.60 bits per heavy atom. The normalized spacial score (nSPS) is 14.6. The summed E-state index contributed by atoms with van der Waals surface area (Å²) in [5.41, 5.74) is 0.753. The lowest BCUT2D eigenvalue weighted by Crippen LogP contribution is -2.41. The molecule has 1 amide bonds. The summed E-state index contributed by atoms with van der Waals surface area (Å²) in [6, 6.07) is 7.32. The van der Waals surface area contributed by atoms with E-state index in [0.717, 1.165) is 0 Å². The third kappa shape index (κ3) is 5.13. The largest absolute Gasteiger partial charge is 0.490 e. The number of carbonyl (C=O) groups is 1. The first-order valence-corrected chi connectivity index (χ1v) is 8.33. The molecule has 7 heteroatoms. The van der Waals surface area contributed by atoms with Gasteiger partial charge in [-0.3, -0.25) is 4.79 Å². The number of hydrogen-bond donors (Lipinski definition) is 1. The van der Waals surface area contributed by atoms with E-state index in [1.54, 1.807) is 23.1 Å². The highest BCUT2D eigenvalue weighted by Gasteiger charge is 2.20. The summed E-state index contributed by atoms with van der Waals surface area (Å²) < 4.78 is 16.3. The standard InChI is InChI=1S/C18H23N3O4/c1-3-24-16-6-5-15(11-17(16)25-4-2)20-13-14(12-19)18(22)21-7-9-23-10-8-21/h5-6,11,13,20H,3-4,7-10H2,1-2H3/b14-13-. The molecule has 1 aromatic rings. The Hall–Kier alpha value is -2.72. The van der Waals surface area contributed by atoms with Gasteiger partial charge in [-0.2, -0.15) is 5.26 Å². The fraction of sp³-hybridized carbons (Fsp3) is 0.444. The molecule has 0 bridgehead atoms. The molecule has 1 aliphatic heterocycles. The van der Waals surface area contributed by atoms with Gasteiger partial charge >= 0.3 is 0 Å². The maximum absolute atomic E-state index is 12.4. The van der Waals surface area contributed by atoms with E-state index < -0.39 is 0 Å². The van der Waals surface area contributed by atoms with Crippen molar-refractivity contribution >= 4 is 11.6 Å². The SMILES string of the molecule is CCOc1ccc(N/C=C(/C#N)C(=O)N2CCOCC2)cc1OCC. The molecule has 1 aliphatic rings. The Kier molecular flexibility index (Phi) is 7.11. The zero-order valence-corrected chi connectivity index (χ0v) is 14.6. The first kappa shape index (κ1) is 18.6. The van der Waals surface area contributed by atoms with Crippen molar-refractivity contribution in [3.8, 4) is 17.6 Å². The van der Waals surface area contributed by atoms with Crippen LogP contribution < -0.4 is 14.8 Å². The van der Waals surface area contributed by atoms with Gasteiger partial charge < -0.3 is 24.4 Å². The molecular formula is C18H23N3O4. The molecular weight excluding hydrogens is 322 g/mol.